The molecule has 3 unspecified atom stereocenters. The molecule has 0 saturated carbocycles. The Morgan fingerprint density at radius 3 is 2.48 bits per heavy atom. The molecule has 5 nitrogen and oxygen atoms in total. The Balaban J connectivity index is 1.53. The molecule has 6 heteroatoms. The van der Waals surface area contributed by atoms with Crippen molar-refractivity contribution in [2.24, 2.45) is 5.92 Å². The fourth-order valence-corrected chi connectivity index (χ4v) is 4.08. The summed E-state index contributed by atoms with van der Waals surface area (Å²) in [6.07, 6.45) is 4.14. The van der Waals surface area contributed by atoms with Crippen molar-refractivity contribution in [3.8, 4) is 0 Å². The summed E-state index contributed by atoms with van der Waals surface area (Å²) in [5.41, 5.74) is 0.993. The predicted molar refractivity (Wildman–Crippen MR) is 105 cm³/mol. The molecule has 0 aliphatic carbocycles. The Morgan fingerprint density at radius 2 is 1.74 bits per heavy atom. The lowest BCUT2D eigenvalue weighted by molar-refractivity contribution is -0.0176. The molecule has 0 spiro atoms. The van der Waals surface area contributed by atoms with Gasteiger partial charge in [-0.2, -0.15) is 0 Å². The number of halogens is 1. The number of nitrogens with zero attached hydrogens (tertiary/aromatic N) is 4. The SMILES string of the molecule is CC1CCCN(c2cc(N3CC(C)OC(c4ccc(F)cc4)C3)ncn2)C1. The van der Waals surface area contributed by atoms with Crippen LogP contribution in [0.2, 0.25) is 0 Å². The monoisotopic (exact) mass is 370 g/mol. The molecule has 0 N–H and O–H groups in total. The molecule has 1 aromatic carbocycles. The summed E-state index contributed by atoms with van der Waals surface area (Å²) in [4.78, 5) is 13.7. The highest BCUT2D eigenvalue weighted by atomic mass is 19.1. The van der Waals surface area contributed by atoms with Crippen LogP contribution in [-0.2, 0) is 4.74 Å². The molecule has 2 aromatic rings. The quantitative estimate of drug-likeness (QED) is 0.822. The van der Waals surface area contributed by atoms with Gasteiger partial charge in [0.2, 0.25) is 0 Å². The molecular formula is C21H27FN4O. The number of hydrogen-bond acceptors (Lipinski definition) is 5. The van der Waals surface area contributed by atoms with Crippen molar-refractivity contribution in [2.75, 3.05) is 36.0 Å². The van der Waals surface area contributed by atoms with Gasteiger partial charge in [0, 0.05) is 32.2 Å². The van der Waals surface area contributed by atoms with Crippen molar-refractivity contribution in [1.29, 1.82) is 0 Å². The Kier molecular flexibility index (Phi) is 5.25. The van der Waals surface area contributed by atoms with E-state index in [0.717, 1.165) is 36.8 Å². The van der Waals surface area contributed by atoms with E-state index in [4.69, 9.17) is 4.74 Å². The van der Waals surface area contributed by atoms with Gasteiger partial charge in [-0.05, 0) is 43.4 Å². The molecule has 0 amide bonds. The lowest BCUT2D eigenvalue weighted by Gasteiger charge is -2.38. The summed E-state index contributed by atoms with van der Waals surface area (Å²) >= 11 is 0. The maximum absolute atomic E-state index is 13.2. The summed E-state index contributed by atoms with van der Waals surface area (Å²) in [5, 5.41) is 0. The maximum atomic E-state index is 13.2. The van der Waals surface area contributed by atoms with Gasteiger partial charge in [-0.25, -0.2) is 14.4 Å². The highest BCUT2D eigenvalue weighted by Crippen LogP contribution is 2.30. The first-order chi connectivity index (χ1) is 13.1. The minimum atomic E-state index is -0.226. The number of hydrogen-bond donors (Lipinski definition) is 0. The predicted octanol–water partition coefficient (Wildman–Crippen LogP) is 3.82. The van der Waals surface area contributed by atoms with E-state index >= 15 is 0 Å². The van der Waals surface area contributed by atoms with Crippen molar-refractivity contribution >= 4 is 11.6 Å². The average molecular weight is 370 g/mol. The van der Waals surface area contributed by atoms with E-state index in [1.165, 1.54) is 25.0 Å². The number of anilines is 2. The van der Waals surface area contributed by atoms with Crippen LogP contribution in [0.3, 0.4) is 0 Å². The van der Waals surface area contributed by atoms with Gasteiger partial charge in [0.05, 0.1) is 6.10 Å². The van der Waals surface area contributed by atoms with Crippen molar-refractivity contribution in [3.05, 3.63) is 48.0 Å². The van der Waals surface area contributed by atoms with Crippen LogP contribution < -0.4 is 9.80 Å². The third-order valence-corrected chi connectivity index (χ3v) is 5.45. The van der Waals surface area contributed by atoms with Crippen molar-refractivity contribution in [1.82, 2.24) is 9.97 Å². The topological polar surface area (TPSA) is 41.5 Å². The molecule has 1 aromatic heterocycles. The number of piperidine rings is 1. The van der Waals surface area contributed by atoms with E-state index in [9.17, 15) is 4.39 Å². The second-order valence-corrected chi connectivity index (χ2v) is 7.82. The first kappa shape index (κ1) is 18.2. The summed E-state index contributed by atoms with van der Waals surface area (Å²) in [6.45, 7) is 7.95. The third-order valence-electron chi connectivity index (χ3n) is 5.45. The minimum Gasteiger partial charge on any atom is -0.367 e. The number of rotatable bonds is 3. The van der Waals surface area contributed by atoms with Crippen molar-refractivity contribution in [3.63, 3.8) is 0 Å². The first-order valence-electron chi connectivity index (χ1n) is 9.81. The van der Waals surface area contributed by atoms with Gasteiger partial charge in [-0.3, -0.25) is 0 Å². The Morgan fingerprint density at radius 1 is 1.00 bits per heavy atom. The van der Waals surface area contributed by atoms with E-state index in [2.05, 4.69) is 39.7 Å². The Bertz CT molecular complexity index is 769. The Labute approximate surface area is 160 Å². The zero-order valence-electron chi connectivity index (χ0n) is 16.0. The molecule has 2 aliphatic rings. The molecule has 2 fully saturated rings. The second-order valence-electron chi connectivity index (χ2n) is 7.82. The van der Waals surface area contributed by atoms with Crippen LogP contribution >= 0.6 is 0 Å². The molecule has 3 atom stereocenters. The standard InChI is InChI=1S/C21H27FN4O/c1-15-4-3-9-25(11-15)20-10-21(24-14-23-20)26-12-16(2)27-19(13-26)17-5-7-18(22)8-6-17/h5-8,10,14-16,19H,3-4,9,11-13H2,1-2H3. The zero-order valence-corrected chi connectivity index (χ0v) is 16.0. The van der Waals surface area contributed by atoms with Crippen LogP contribution in [0.4, 0.5) is 16.0 Å². The fraction of sp³-hybridized carbons (Fsp3) is 0.524. The normalized spacial score (nSPS) is 26.3. The van der Waals surface area contributed by atoms with Gasteiger partial charge >= 0.3 is 0 Å². The van der Waals surface area contributed by atoms with Crippen LogP contribution in [0, 0.1) is 11.7 Å². The molecule has 2 saturated heterocycles. The molecule has 144 valence electrons. The zero-order chi connectivity index (χ0) is 18.8. The van der Waals surface area contributed by atoms with Gasteiger partial charge in [-0.15, -0.1) is 0 Å². The number of ether oxygens (including phenoxy) is 1. The second kappa shape index (κ2) is 7.80. The highest BCUT2D eigenvalue weighted by molar-refractivity contribution is 5.51. The van der Waals surface area contributed by atoms with Gasteiger partial charge in [0.15, 0.2) is 0 Å². The van der Waals surface area contributed by atoms with Gasteiger partial charge < -0.3 is 14.5 Å². The lowest BCUT2D eigenvalue weighted by atomic mass is 10.0. The van der Waals surface area contributed by atoms with Crippen LogP contribution in [-0.4, -0.2) is 42.3 Å². The van der Waals surface area contributed by atoms with E-state index in [1.807, 2.05) is 0 Å². The molecule has 27 heavy (non-hydrogen) atoms. The summed E-state index contributed by atoms with van der Waals surface area (Å²) in [6, 6.07) is 8.68. The van der Waals surface area contributed by atoms with Crippen molar-refractivity contribution < 1.29 is 9.13 Å². The van der Waals surface area contributed by atoms with Crippen LogP contribution in [0.5, 0.6) is 0 Å². The first-order valence-corrected chi connectivity index (χ1v) is 9.81. The van der Waals surface area contributed by atoms with Gasteiger partial charge in [0.1, 0.15) is 29.9 Å². The largest absolute Gasteiger partial charge is 0.367 e. The molecule has 3 heterocycles. The fourth-order valence-electron chi connectivity index (χ4n) is 4.08. The average Bonchev–Trinajstić information content (AvgIpc) is 2.68. The summed E-state index contributed by atoms with van der Waals surface area (Å²) < 4.78 is 19.4. The molecule has 0 bridgehead atoms. The van der Waals surface area contributed by atoms with E-state index in [0.29, 0.717) is 12.5 Å². The summed E-state index contributed by atoms with van der Waals surface area (Å²) in [7, 11) is 0. The van der Waals surface area contributed by atoms with Gasteiger partial charge in [-0.1, -0.05) is 19.1 Å². The van der Waals surface area contributed by atoms with E-state index < -0.39 is 0 Å². The number of aromatic nitrogens is 2. The maximum Gasteiger partial charge on any atom is 0.134 e. The van der Waals surface area contributed by atoms with Crippen molar-refractivity contribution in [2.45, 2.75) is 38.9 Å². The smallest absolute Gasteiger partial charge is 0.134 e. The lowest BCUT2D eigenvalue weighted by Crippen LogP contribution is -2.43. The number of morpholine rings is 1. The highest BCUT2D eigenvalue weighted by Gasteiger charge is 2.28. The minimum absolute atomic E-state index is 0.0715. The molecule has 2 aliphatic heterocycles. The van der Waals surface area contributed by atoms with Gasteiger partial charge in [0.25, 0.3) is 0 Å². The molecular weight excluding hydrogens is 343 g/mol. The van der Waals surface area contributed by atoms with Crippen LogP contribution in [0.15, 0.2) is 36.7 Å². The van der Waals surface area contributed by atoms with Crippen LogP contribution in [0.25, 0.3) is 0 Å². The number of benzene rings is 1. The third kappa shape index (κ3) is 4.21. The molecule has 4 rings (SSSR count). The molecule has 0 radical (unpaired) electrons. The van der Waals surface area contributed by atoms with E-state index in [-0.39, 0.29) is 18.0 Å². The Hall–Kier alpha value is -2.21. The van der Waals surface area contributed by atoms with Crippen LogP contribution in [0.1, 0.15) is 38.4 Å². The van der Waals surface area contributed by atoms with E-state index in [1.54, 1.807) is 18.5 Å². The summed E-state index contributed by atoms with van der Waals surface area (Å²) in [5.74, 6) is 2.41.